The molecule has 0 amide bonds. The molecule has 2 N–H and O–H groups in total. The Morgan fingerprint density at radius 2 is 2.29 bits per heavy atom. The molecule has 3 rings (SSSR count). The molecule has 2 aromatic rings. The number of likely N-dealkylation sites (N-methyl/N-ethyl adjacent to an activating group) is 1. The number of fused-ring (bicyclic) bond motifs is 1. The fourth-order valence-corrected chi connectivity index (χ4v) is 4.40. The number of nitrogens with zero attached hydrogens (tertiary/aromatic N) is 2. The average molecular weight is 308 g/mol. The summed E-state index contributed by atoms with van der Waals surface area (Å²) in [7, 11) is -3.54. The molecule has 0 bridgehead atoms. The van der Waals surface area contributed by atoms with E-state index in [1.165, 1.54) is 6.20 Å². The predicted molar refractivity (Wildman–Crippen MR) is 81.5 cm³/mol. The van der Waals surface area contributed by atoms with Gasteiger partial charge in [0.15, 0.2) is 0 Å². The maximum Gasteiger partial charge on any atom is 0.243 e. The van der Waals surface area contributed by atoms with Crippen LogP contribution in [0.4, 0.5) is 0 Å². The molecule has 1 aliphatic rings. The van der Waals surface area contributed by atoms with Crippen LogP contribution in [0.25, 0.3) is 11.0 Å². The van der Waals surface area contributed by atoms with Crippen molar-refractivity contribution < 1.29 is 8.42 Å². The van der Waals surface area contributed by atoms with Gasteiger partial charge in [-0.05, 0) is 24.6 Å². The molecule has 1 saturated heterocycles. The van der Waals surface area contributed by atoms with E-state index in [4.69, 9.17) is 0 Å². The molecule has 7 heteroatoms. The molecule has 21 heavy (non-hydrogen) atoms. The highest BCUT2D eigenvalue weighted by Gasteiger charge is 2.33. The van der Waals surface area contributed by atoms with E-state index in [9.17, 15) is 8.42 Å². The van der Waals surface area contributed by atoms with Gasteiger partial charge in [0.2, 0.25) is 10.0 Å². The minimum absolute atomic E-state index is 0.0448. The zero-order valence-electron chi connectivity index (χ0n) is 12.2. The number of pyridine rings is 1. The van der Waals surface area contributed by atoms with Gasteiger partial charge in [0.25, 0.3) is 0 Å². The lowest BCUT2D eigenvalue weighted by atomic mass is 10.1. The number of aromatic nitrogens is 2. The lowest BCUT2D eigenvalue weighted by Gasteiger charge is -2.16. The van der Waals surface area contributed by atoms with Crippen molar-refractivity contribution in [3.8, 4) is 0 Å². The number of likely N-dealkylation sites (tertiary alicyclic amines) is 1. The third kappa shape index (κ3) is 2.68. The second-order valence-corrected chi connectivity index (χ2v) is 7.29. The molecule has 0 aliphatic carbocycles. The first-order valence-corrected chi connectivity index (χ1v) is 8.66. The van der Waals surface area contributed by atoms with Gasteiger partial charge in [-0.25, -0.2) is 18.1 Å². The zero-order chi connectivity index (χ0) is 15.0. The predicted octanol–water partition coefficient (Wildman–Crippen LogP) is 1.18. The van der Waals surface area contributed by atoms with Crippen molar-refractivity contribution in [3.63, 3.8) is 0 Å². The Kier molecular flexibility index (Phi) is 3.73. The summed E-state index contributed by atoms with van der Waals surface area (Å²) in [4.78, 5) is 9.57. The van der Waals surface area contributed by atoms with Gasteiger partial charge in [0, 0.05) is 36.9 Å². The van der Waals surface area contributed by atoms with Crippen molar-refractivity contribution in [2.45, 2.75) is 24.8 Å². The Hall–Kier alpha value is -1.44. The zero-order valence-corrected chi connectivity index (χ0v) is 13.0. The first kappa shape index (κ1) is 14.5. The number of rotatable bonds is 4. The van der Waals surface area contributed by atoms with E-state index in [1.54, 1.807) is 18.3 Å². The molecule has 3 heterocycles. The monoisotopic (exact) mass is 308 g/mol. The molecule has 6 nitrogen and oxygen atoms in total. The Morgan fingerprint density at radius 3 is 3.00 bits per heavy atom. The lowest BCUT2D eigenvalue weighted by molar-refractivity contribution is 0.344. The van der Waals surface area contributed by atoms with E-state index in [2.05, 4.69) is 33.4 Å². The second kappa shape index (κ2) is 5.40. The molecule has 2 aromatic heterocycles. The summed E-state index contributed by atoms with van der Waals surface area (Å²) in [5, 5.41) is 0.628. The smallest absolute Gasteiger partial charge is 0.243 e. The number of H-pyrrole nitrogens is 1. The molecule has 0 saturated carbocycles. The number of hydrogen-bond acceptors (Lipinski definition) is 4. The van der Waals surface area contributed by atoms with Gasteiger partial charge in [-0.15, -0.1) is 0 Å². The summed E-state index contributed by atoms with van der Waals surface area (Å²) < 4.78 is 28.1. The highest BCUT2D eigenvalue weighted by Crippen LogP contribution is 2.23. The topological polar surface area (TPSA) is 78.1 Å². The van der Waals surface area contributed by atoms with Crippen molar-refractivity contribution in [3.05, 3.63) is 24.5 Å². The lowest BCUT2D eigenvalue weighted by Crippen LogP contribution is -2.39. The van der Waals surface area contributed by atoms with Gasteiger partial charge in [-0.2, -0.15) is 0 Å². The maximum atomic E-state index is 12.6. The minimum Gasteiger partial charge on any atom is -0.345 e. The largest absolute Gasteiger partial charge is 0.345 e. The summed E-state index contributed by atoms with van der Waals surface area (Å²) >= 11 is 0. The van der Waals surface area contributed by atoms with E-state index in [1.807, 2.05) is 0 Å². The SMILES string of the molecule is CCN1C[C@@H](C)[C@H](NS(=O)(=O)c2c[nH]c3ncccc23)C1. The van der Waals surface area contributed by atoms with Crippen LogP contribution < -0.4 is 4.72 Å². The van der Waals surface area contributed by atoms with Crippen molar-refractivity contribution in [1.82, 2.24) is 19.6 Å². The van der Waals surface area contributed by atoms with Crippen LogP contribution in [0.3, 0.4) is 0 Å². The Balaban J connectivity index is 1.88. The number of nitrogens with one attached hydrogen (secondary N) is 2. The van der Waals surface area contributed by atoms with Crippen LogP contribution in [0.5, 0.6) is 0 Å². The number of aromatic amines is 1. The minimum atomic E-state index is -3.54. The van der Waals surface area contributed by atoms with Crippen LogP contribution in [-0.4, -0.2) is 49.0 Å². The highest BCUT2D eigenvalue weighted by atomic mass is 32.2. The third-order valence-corrected chi connectivity index (χ3v) is 5.67. The maximum absolute atomic E-state index is 12.6. The van der Waals surface area contributed by atoms with Crippen LogP contribution in [0.15, 0.2) is 29.4 Å². The van der Waals surface area contributed by atoms with E-state index in [0.29, 0.717) is 17.0 Å². The standard InChI is InChI=1S/C14H20N4O2S/c1-3-18-8-10(2)12(9-18)17-21(19,20)13-7-16-14-11(13)5-4-6-15-14/h4-7,10,12,17H,3,8-9H2,1-2H3,(H,15,16)/t10-,12-/m1/s1. The molecule has 0 radical (unpaired) electrons. The van der Waals surface area contributed by atoms with Gasteiger partial charge in [0.05, 0.1) is 0 Å². The summed E-state index contributed by atoms with van der Waals surface area (Å²) in [6.07, 6.45) is 3.15. The first-order valence-electron chi connectivity index (χ1n) is 7.18. The number of sulfonamides is 1. The molecule has 1 aliphatic heterocycles. The van der Waals surface area contributed by atoms with E-state index >= 15 is 0 Å². The average Bonchev–Trinajstić information content (AvgIpc) is 3.03. The van der Waals surface area contributed by atoms with Crippen molar-refractivity contribution in [2.24, 2.45) is 5.92 Å². The van der Waals surface area contributed by atoms with Crippen molar-refractivity contribution >= 4 is 21.1 Å². The third-order valence-electron chi connectivity index (χ3n) is 4.14. The first-order chi connectivity index (χ1) is 10.0. The van der Waals surface area contributed by atoms with E-state index < -0.39 is 10.0 Å². The van der Waals surface area contributed by atoms with Gasteiger partial charge < -0.3 is 9.88 Å². The summed E-state index contributed by atoms with van der Waals surface area (Å²) in [6.45, 7) is 6.81. The Labute approximate surface area is 124 Å². The molecular formula is C14H20N4O2S. The van der Waals surface area contributed by atoms with Crippen LogP contribution >= 0.6 is 0 Å². The summed E-state index contributed by atoms with van der Waals surface area (Å²) in [5.74, 6) is 0.308. The summed E-state index contributed by atoms with van der Waals surface area (Å²) in [6, 6.07) is 3.47. The van der Waals surface area contributed by atoms with Gasteiger partial charge in [0.1, 0.15) is 10.5 Å². The molecular weight excluding hydrogens is 288 g/mol. The molecule has 0 spiro atoms. The Bertz CT molecular complexity index is 740. The molecule has 2 atom stereocenters. The quantitative estimate of drug-likeness (QED) is 0.889. The van der Waals surface area contributed by atoms with Gasteiger partial charge >= 0.3 is 0 Å². The Morgan fingerprint density at radius 1 is 1.48 bits per heavy atom. The van der Waals surface area contributed by atoms with Crippen LogP contribution in [0.1, 0.15) is 13.8 Å². The van der Waals surface area contributed by atoms with Gasteiger partial charge in [-0.1, -0.05) is 13.8 Å². The normalized spacial score (nSPS) is 23.9. The molecule has 0 unspecified atom stereocenters. The van der Waals surface area contributed by atoms with E-state index in [-0.39, 0.29) is 10.9 Å². The van der Waals surface area contributed by atoms with Crippen LogP contribution in [-0.2, 0) is 10.0 Å². The van der Waals surface area contributed by atoms with Gasteiger partial charge in [-0.3, -0.25) is 0 Å². The molecule has 0 aromatic carbocycles. The van der Waals surface area contributed by atoms with Crippen molar-refractivity contribution in [2.75, 3.05) is 19.6 Å². The summed E-state index contributed by atoms with van der Waals surface area (Å²) in [5.41, 5.74) is 0.590. The van der Waals surface area contributed by atoms with Crippen LogP contribution in [0, 0.1) is 5.92 Å². The second-order valence-electron chi connectivity index (χ2n) is 5.61. The number of hydrogen-bond donors (Lipinski definition) is 2. The fraction of sp³-hybridized carbons (Fsp3) is 0.500. The molecule has 114 valence electrons. The van der Waals surface area contributed by atoms with Crippen molar-refractivity contribution in [1.29, 1.82) is 0 Å². The van der Waals surface area contributed by atoms with E-state index in [0.717, 1.165) is 19.6 Å². The van der Waals surface area contributed by atoms with Crippen LogP contribution in [0.2, 0.25) is 0 Å². The molecule has 1 fully saturated rings. The fourth-order valence-electron chi connectivity index (χ4n) is 2.89. The highest BCUT2D eigenvalue weighted by molar-refractivity contribution is 7.89.